The van der Waals surface area contributed by atoms with Gasteiger partial charge in [0.25, 0.3) is 0 Å². The number of nitrogens with two attached hydrogens (primary N) is 1. The number of phenols is 4. The first-order valence-corrected chi connectivity index (χ1v) is 31.7. The summed E-state index contributed by atoms with van der Waals surface area (Å²) in [5.74, 6) is -2.89. The molecule has 530 valence electrons. The Balaban J connectivity index is 0.000000212. The van der Waals surface area contributed by atoms with Crippen molar-refractivity contribution in [1.82, 2.24) is 16.0 Å². The summed E-state index contributed by atoms with van der Waals surface area (Å²) in [6.45, 7) is 11.8. The smallest absolute Gasteiger partial charge is 0.408 e. The molecular formula is C76H86N4O20. The van der Waals surface area contributed by atoms with Gasteiger partial charge < -0.3 is 90.6 Å². The number of carboxylic acid groups (broad SMARTS) is 3. The Bertz CT molecular complexity index is 3960. The third-order valence-corrected chi connectivity index (χ3v) is 14.5. The number of alkyl carbamates (subject to hydrolysis) is 2. The van der Waals surface area contributed by atoms with Crippen LogP contribution in [0.2, 0.25) is 0 Å². The maximum atomic E-state index is 12.2. The average Bonchev–Trinajstić information content (AvgIpc) is 0.805. The first-order chi connectivity index (χ1) is 47.6. The van der Waals surface area contributed by atoms with E-state index in [1.54, 1.807) is 90.1 Å². The van der Waals surface area contributed by atoms with Crippen molar-refractivity contribution in [3.8, 4) is 46.0 Å². The van der Waals surface area contributed by atoms with Gasteiger partial charge in [0.15, 0.2) is 46.0 Å². The van der Waals surface area contributed by atoms with Crippen molar-refractivity contribution in [2.75, 3.05) is 7.11 Å². The molecule has 4 atom stereocenters. The Kier molecular flexibility index (Phi) is 29.3. The molecule has 2 amide bonds. The van der Waals surface area contributed by atoms with E-state index in [0.717, 1.165) is 33.4 Å². The molecule has 0 saturated carbocycles. The lowest BCUT2D eigenvalue weighted by Gasteiger charge is -2.25. The minimum Gasteiger partial charge on any atom is -0.504 e. The van der Waals surface area contributed by atoms with Gasteiger partial charge >= 0.3 is 36.1 Å². The largest absolute Gasteiger partial charge is 0.504 e. The molecule has 0 bridgehead atoms. The number of carbonyl (C=O) groups excluding carboxylic acids is 3. The summed E-state index contributed by atoms with van der Waals surface area (Å²) in [7, 11) is 1.24. The molecule has 0 spiro atoms. The number of hydrogen-bond donors (Lipinski definition) is 11. The van der Waals surface area contributed by atoms with Gasteiger partial charge in [0.1, 0.15) is 61.8 Å². The number of para-hydroxylation sites is 3. The molecule has 9 rings (SSSR count). The summed E-state index contributed by atoms with van der Waals surface area (Å²) in [5.41, 5.74) is 11.2. The first kappa shape index (κ1) is 77.5. The molecule has 12 N–H and O–H groups in total. The highest BCUT2D eigenvalue weighted by Gasteiger charge is 2.30. The predicted molar refractivity (Wildman–Crippen MR) is 370 cm³/mol. The van der Waals surface area contributed by atoms with Gasteiger partial charge in [0.05, 0.1) is 7.11 Å². The van der Waals surface area contributed by atoms with Gasteiger partial charge in [-0.2, -0.15) is 0 Å². The lowest BCUT2D eigenvalue weighted by Crippen LogP contribution is -2.45. The number of phenolic OH excluding ortho intramolecular Hbond substituents is 4. The molecular weight excluding hydrogens is 1290 g/mol. The molecule has 0 saturated heterocycles. The minimum absolute atomic E-state index is 0.0268. The van der Waals surface area contributed by atoms with Gasteiger partial charge in [0, 0.05) is 54.5 Å². The van der Waals surface area contributed by atoms with Crippen molar-refractivity contribution in [3.05, 3.63) is 238 Å². The lowest BCUT2D eigenvalue weighted by atomic mass is 9.94. The molecule has 8 aromatic rings. The fraction of sp³-hybridized carbons (Fsp3) is 0.289. The number of carbonyl (C=O) groups is 6. The quantitative estimate of drug-likeness (QED) is 0.0198. The summed E-state index contributed by atoms with van der Waals surface area (Å²) in [4.78, 5) is 69.9. The van der Waals surface area contributed by atoms with E-state index < -0.39 is 71.4 Å². The molecule has 1 aliphatic heterocycles. The van der Waals surface area contributed by atoms with Crippen molar-refractivity contribution in [3.63, 3.8) is 0 Å². The summed E-state index contributed by atoms with van der Waals surface area (Å²) in [6, 6.07) is 51.8. The summed E-state index contributed by atoms with van der Waals surface area (Å²) in [5, 5.41) is 75.8. The highest BCUT2D eigenvalue weighted by Crippen LogP contribution is 2.37. The molecule has 1 aliphatic rings. The van der Waals surface area contributed by atoms with Crippen LogP contribution in [0.25, 0.3) is 0 Å². The van der Waals surface area contributed by atoms with E-state index in [2.05, 4.69) is 16.0 Å². The topological polar surface area (TPSA) is 371 Å². The van der Waals surface area contributed by atoms with Gasteiger partial charge in [-0.25, -0.2) is 19.2 Å². The van der Waals surface area contributed by atoms with Gasteiger partial charge in [-0.1, -0.05) is 164 Å². The molecule has 0 aliphatic carbocycles. The van der Waals surface area contributed by atoms with Crippen LogP contribution in [0, 0.1) is 0 Å². The second-order valence-corrected chi connectivity index (χ2v) is 24.7. The van der Waals surface area contributed by atoms with E-state index in [1.165, 1.54) is 25.3 Å². The van der Waals surface area contributed by atoms with E-state index in [4.69, 9.17) is 49.1 Å². The number of amides is 2. The zero-order chi connectivity index (χ0) is 72.9. The molecule has 0 unspecified atom stereocenters. The molecule has 24 heteroatoms. The van der Waals surface area contributed by atoms with Gasteiger partial charge in [-0.15, -0.1) is 0 Å². The predicted octanol–water partition coefficient (Wildman–Crippen LogP) is 11.1. The van der Waals surface area contributed by atoms with Crippen LogP contribution in [0.5, 0.6) is 46.0 Å². The van der Waals surface area contributed by atoms with Crippen LogP contribution in [-0.2, 0) is 92.0 Å². The van der Waals surface area contributed by atoms with Crippen LogP contribution in [0.4, 0.5) is 9.59 Å². The van der Waals surface area contributed by atoms with E-state index in [9.17, 15) is 54.3 Å². The molecule has 0 fully saturated rings. The van der Waals surface area contributed by atoms with E-state index in [1.807, 2.05) is 121 Å². The third kappa shape index (κ3) is 25.8. The Morgan fingerprint density at radius 1 is 0.460 bits per heavy atom. The zero-order valence-electron chi connectivity index (χ0n) is 56.6. The fourth-order valence-electron chi connectivity index (χ4n) is 9.71. The van der Waals surface area contributed by atoms with Crippen molar-refractivity contribution >= 4 is 36.1 Å². The van der Waals surface area contributed by atoms with Crippen LogP contribution in [-0.4, -0.2) is 114 Å². The van der Waals surface area contributed by atoms with Crippen LogP contribution in [0.3, 0.4) is 0 Å². The van der Waals surface area contributed by atoms with Crippen LogP contribution < -0.4 is 40.6 Å². The number of methoxy groups -OCH3 is 1. The Hall–Kier alpha value is -11.5. The van der Waals surface area contributed by atoms with Gasteiger partial charge in [-0.05, 0) is 93.6 Å². The minimum atomic E-state index is -1.24. The highest BCUT2D eigenvalue weighted by atomic mass is 16.6. The number of hydrogen-bond acceptors (Lipinski definition) is 19. The van der Waals surface area contributed by atoms with E-state index in [0.29, 0.717) is 42.0 Å². The maximum Gasteiger partial charge on any atom is 0.408 e. The average molecular weight is 1380 g/mol. The number of nitrogens with one attached hydrogen (secondary N) is 3. The lowest BCUT2D eigenvalue weighted by molar-refractivity contribution is -0.143. The van der Waals surface area contributed by atoms with E-state index in [-0.39, 0.29) is 79.3 Å². The molecule has 24 nitrogen and oxygen atoms in total. The number of fused-ring (bicyclic) bond motifs is 1. The Morgan fingerprint density at radius 3 is 1.16 bits per heavy atom. The van der Waals surface area contributed by atoms with Gasteiger partial charge in [-0.3, -0.25) is 9.59 Å². The second-order valence-electron chi connectivity index (χ2n) is 24.7. The second kappa shape index (κ2) is 37.9. The highest BCUT2D eigenvalue weighted by molar-refractivity contribution is 5.82. The monoisotopic (exact) mass is 1370 g/mol. The molecule has 100 heavy (non-hydrogen) atoms. The maximum absolute atomic E-state index is 12.2. The van der Waals surface area contributed by atoms with Crippen molar-refractivity contribution in [2.24, 2.45) is 5.73 Å². The van der Waals surface area contributed by atoms with Crippen molar-refractivity contribution in [2.45, 2.75) is 136 Å². The number of aromatic hydroxyl groups is 4. The number of benzene rings is 8. The van der Waals surface area contributed by atoms with Crippen LogP contribution >= 0.6 is 0 Å². The summed E-state index contributed by atoms with van der Waals surface area (Å²) in [6.07, 6.45) is -1.19. The Labute approximate surface area is 579 Å². The normalized spacial score (nSPS) is 13.1. The summed E-state index contributed by atoms with van der Waals surface area (Å²) >= 11 is 0. The third-order valence-electron chi connectivity index (χ3n) is 14.5. The standard InChI is InChI=1S/C22H27NO6.C21H25NO6.C17H17NO4.C16H17NO4/c1-22(2,3)29-21(26)23-17(20(25)27-4)13-16-11-8-12-18(24)19(16)28-14-15-9-6-5-7-10-15;1-21(2,3)28-20(26)22-16(19(24)25)12-15-10-7-11-17(23)18(15)27-13-14-8-5-4-6-9-14;19-15-7-6-12-9-18-14(17(20)21)8-13(12)16(15)22-10-11-4-2-1-3-5-11;17-13(16(19)20)9-12-7-4-8-14(18)15(12)21-10-11-5-2-1-3-6-11/h5-12,17,24H,13-14H2,1-4H3,(H,23,26);4-11,16,23H,12-13H2,1-3H3,(H,22,26)(H,24,25);1-7,14,18-19H,8-10H2,(H,20,21);1-8,13,18H,9-10,17H2,(H,19,20)/t17-;16-;14-;13-/m0000/s1. The summed E-state index contributed by atoms with van der Waals surface area (Å²) < 4.78 is 38.1. The molecule has 8 aromatic carbocycles. The molecule has 0 aromatic heterocycles. The zero-order valence-corrected chi connectivity index (χ0v) is 56.6. The van der Waals surface area contributed by atoms with Crippen molar-refractivity contribution < 1.29 is 97.7 Å². The van der Waals surface area contributed by atoms with Crippen molar-refractivity contribution in [1.29, 1.82) is 0 Å². The van der Waals surface area contributed by atoms with Crippen LogP contribution in [0.1, 0.15) is 91.6 Å². The number of ether oxygens (including phenoxy) is 7. The number of carboxylic acids is 3. The molecule has 1 heterocycles. The number of esters is 1. The molecule has 0 radical (unpaired) electrons. The number of rotatable bonds is 24. The number of aliphatic carboxylic acids is 3. The fourth-order valence-corrected chi connectivity index (χ4v) is 9.71. The Morgan fingerprint density at radius 2 is 0.810 bits per heavy atom. The SMILES string of the molecule is CC(C)(C)OC(=O)N[C@@H](Cc1cccc(O)c1OCc1ccccc1)C(=O)O.COC(=O)[C@H](Cc1cccc(O)c1OCc1ccccc1)NC(=O)OC(C)(C)C.N[C@@H](Cc1cccc(O)c1OCc1ccccc1)C(=O)O.O=C(O)[C@@H]1Cc2c(ccc(O)c2OCc2ccccc2)CN1. The van der Waals surface area contributed by atoms with E-state index >= 15 is 0 Å². The van der Waals surface area contributed by atoms with Gasteiger partial charge in [0.2, 0.25) is 0 Å². The first-order valence-electron chi connectivity index (χ1n) is 31.7. The van der Waals surface area contributed by atoms with Crippen LogP contribution in [0.15, 0.2) is 188 Å².